The summed E-state index contributed by atoms with van der Waals surface area (Å²) in [7, 11) is 0. The molecule has 0 amide bonds. The van der Waals surface area contributed by atoms with Gasteiger partial charge in [-0.1, -0.05) is 61.9 Å². The van der Waals surface area contributed by atoms with Crippen LogP contribution in [0.1, 0.15) is 68.1 Å². The molecule has 2 aromatic heterocycles. The Morgan fingerprint density at radius 3 is 2.37 bits per heavy atom. The summed E-state index contributed by atoms with van der Waals surface area (Å²) in [5.74, 6) is 0.374. The Hall–Kier alpha value is -4.58. The first-order valence-electron chi connectivity index (χ1n) is 13.4. The average molecular weight is 563 g/mol. The minimum atomic E-state index is -1.43. The maximum absolute atomic E-state index is 13.3. The predicted octanol–water partition coefficient (Wildman–Crippen LogP) is 4.64. The summed E-state index contributed by atoms with van der Waals surface area (Å²) in [5.41, 5.74) is 2.51. The van der Waals surface area contributed by atoms with Crippen LogP contribution in [0.4, 0.5) is 4.79 Å². The second-order valence-electron chi connectivity index (χ2n) is 9.83. The molecule has 4 aromatic rings. The lowest BCUT2D eigenvalue weighted by Gasteiger charge is -2.18. The molecule has 216 valence electrons. The number of carbonyl (C=O) groups is 2. The number of aliphatic hydroxyl groups is 1. The van der Waals surface area contributed by atoms with Crippen LogP contribution in [0.25, 0.3) is 22.5 Å². The molecule has 0 aliphatic heterocycles. The van der Waals surface area contributed by atoms with Crippen molar-refractivity contribution >= 4 is 12.1 Å². The van der Waals surface area contributed by atoms with Gasteiger partial charge in [0.25, 0.3) is 0 Å². The number of aromatic amines is 1. The summed E-state index contributed by atoms with van der Waals surface area (Å²) in [4.78, 5) is 29.5. The maximum Gasteiger partial charge on any atom is 0.511 e. The normalized spacial score (nSPS) is 11.3. The van der Waals surface area contributed by atoms with E-state index in [1.165, 1.54) is 0 Å². The smallest absolute Gasteiger partial charge is 0.435 e. The molecule has 2 N–H and O–H groups in total. The van der Waals surface area contributed by atoms with Gasteiger partial charge in [-0.2, -0.15) is 5.21 Å². The van der Waals surface area contributed by atoms with Crippen molar-refractivity contribution < 1.29 is 28.9 Å². The van der Waals surface area contributed by atoms with Crippen molar-refractivity contribution in [3.05, 3.63) is 71.3 Å². The number of imidazole rings is 1. The molecule has 0 saturated carbocycles. The van der Waals surface area contributed by atoms with Crippen molar-refractivity contribution in [1.29, 1.82) is 0 Å². The van der Waals surface area contributed by atoms with Gasteiger partial charge in [-0.15, -0.1) is 10.2 Å². The summed E-state index contributed by atoms with van der Waals surface area (Å²) >= 11 is 0. The van der Waals surface area contributed by atoms with Crippen molar-refractivity contribution in [2.75, 3.05) is 13.4 Å². The van der Waals surface area contributed by atoms with Gasteiger partial charge in [0.15, 0.2) is 5.69 Å². The largest absolute Gasteiger partial charge is 0.511 e. The van der Waals surface area contributed by atoms with Gasteiger partial charge in [-0.3, -0.25) is 0 Å². The van der Waals surface area contributed by atoms with Crippen LogP contribution in [0, 0.1) is 0 Å². The standard InChI is InChI=1S/C29H34N6O6/c1-5-7-12-23-30-25(29(3,4)38)24(27(36)40-18-41-28(37)39-6-2)35(23)17-19-13-15-20(16-14-19)21-10-8-9-11-22(21)26-31-33-34-32-26/h8-11,13-16,38H,5-7,12,17-18H2,1-4H3,(H,31,32,33,34). The molecule has 41 heavy (non-hydrogen) atoms. The first-order chi connectivity index (χ1) is 19.7. The molecule has 2 aromatic carbocycles. The van der Waals surface area contributed by atoms with Gasteiger partial charge < -0.3 is 23.9 Å². The maximum atomic E-state index is 13.3. The number of aryl methyl sites for hydroxylation is 1. The third-order valence-corrected chi connectivity index (χ3v) is 6.32. The number of ether oxygens (including phenoxy) is 3. The van der Waals surface area contributed by atoms with Gasteiger partial charge in [0.05, 0.1) is 6.61 Å². The minimum absolute atomic E-state index is 0.0996. The van der Waals surface area contributed by atoms with E-state index in [0.717, 1.165) is 35.1 Å². The van der Waals surface area contributed by atoms with E-state index < -0.39 is 24.5 Å². The number of hydrogen-bond donors (Lipinski definition) is 2. The Balaban J connectivity index is 1.66. The van der Waals surface area contributed by atoms with Crippen LogP contribution < -0.4 is 0 Å². The average Bonchev–Trinajstić information content (AvgIpc) is 3.61. The van der Waals surface area contributed by atoms with E-state index >= 15 is 0 Å². The number of nitrogens with zero attached hydrogens (tertiary/aromatic N) is 5. The summed E-state index contributed by atoms with van der Waals surface area (Å²) in [6, 6.07) is 15.7. The SMILES string of the molecule is CCCCc1nc(C(C)(C)O)c(C(=O)OCOC(=O)OCC)n1Cc1ccc(-c2ccccc2-c2nn[nH]n2)cc1. The van der Waals surface area contributed by atoms with Gasteiger partial charge in [0.1, 0.15) is 17.1 Å². The monoisotopic (exact) mass is 562 g/mol. The Bertz CT molecular complexity index is 1460. The van der Waals surface area contributed by atoms with E-state index in [0.29, 0.717) is 24.6 Å². The van der Waals surface area contributed by atoms with Crippen molar-refractivity contribution in [1.82, 2.24) is 30.2 Å². The summed E-state index contributed by atoms with van der Waals surface area (Å²) in [5, 5.41) is 25.3. The van der Waals surface area contributed by atoms with Crippen molar-refractivity contribution in [2.45, 2.75) is 59.1 Å². The number of benzene rings is 2. The summed E-state index contributed by atoms with van der Waals surface area (Å²) in [6.07, 6.45) is 1.42. The highest BCUT2D eigenvalue weighted by Crippen LogP contribution is 2.31. The summed E-state index contributed by atoms with van der Waals surface area (Å²) in [6.45, 7) is 6.63. The van der Waals surface area contributed by atoms with E-state index in [2.05, 4.69) is 32.5 Å². The first kappa shape index (κ1) is 29.4. The Labute approximate surface area is 237 Å². The fourth-order valence-corrected chi connectivity index (χ4v) is 4.37. The van der Waals surface area contributed by atoms with Crippen LogP contribution in [0.5, 0.6) is 0 Å². The molecule has 4 rings (SSSR count). The molecule has 12 heteroatoms. The number of aromatic nitrogens is 6. The third-order valence-electron chi connectivity index (χ3n) is 6.32. The number of rotatable bonds is 12. The van der Waals surface area contributed by atoms with E-state index in [9.17, 15) is 14.7 Å². The van der Waals surface area contributed by atoms with Gasteiger partial charge in [0, 0.05) is 18.5 Å². The van der Waals surface area contributed by atoms with Gasteiger partial charge >= 0.3 is 12.1 Å². The molecule has 0 radical (unpaired) electrons. The van der Waals surface area contributed by atoms with Crippen molar-refractivity contribution in [3.63, 3.8) is 0 Å². The molecule has 0 aliphatic carbocycles. The zero-order valence-corrected chi connectivity index (χ0v) is 23.6. The third kappa shape index (κ3) is 7.14. The number of carbonyl (C=O) groups excluding carboxylic acids is 2. The zero-order valence-electron chi connectivity index (χ0n) is 23.6. The highest BCUT2D eigenvalue weighted by atomic mass is 16.8. The van der Waals surface area contributed by atoms with Crippen LogP contribution in [-0.4, -0.2) is 60.8 Å². The van der Waals surface area contributed by atoms with Crippen LogP contribution >= 0.6 is 0 Å². The number of tetrazole rings is 1. The second kappa shape index (κ2) is 13.2. The molecule has 12 nitrogen and oxygen atoms in total. The molecule has 0 spiro atoms. The van der Waals surface area contributed by atoms with E-state index in [4.69, 9.17) is 14.2 Å². The number of esters is 1. The number of nitrogens with one attached hydrogen (secondary N) is 1. The topological polar surface area (TPSA) is 154 Å². The van der Waals surface area contributed by atoms with Crippen LogP contribution in [-0.2, 0) is 32.8 Å². The van der Waals surface area contributed by atoms with Crippen LogP contribution in [0.15, 0.2) is 48.5 Å². The number of H-pyrrole nitrogens is 1. The number of unbranched alkanes of at least 4 members (excludes halogenated alkanes) is 1. The van der Waals surface area contributed by atoms with E-state index in [1.54, 1.807) is 25.3 Å². The van der Waals surface area contributed by atoms with Crippen molar-refractivity contribution in [2.24, 2.45) is 0 Å². The Kier molecular flexibility index (Phi) is 9.45. The number of hydrogen-bond acceptors (Lipinski definition) is 10. The fraction of sp³-hybridized carbons (Fsp3) is 0.379. The fourth-order valence-electron chi connectivity index (χ4n) is 4.37. The molecule has 0 bridgehead atoms. The quantitative estimate of drug-likeness (QED) is 0.184. The molecule has 2 heterocycles. The first-order valence-corrected chi connectivity index (χ1v) is 13.4. The molecule has 0 saturated heterocycles. The van der Waals surface area contributed by atoms with Gasteiger partial charge in [0.2, 0.25) is 12.6 Å². The van der Waals surface area contributed by atoms with Gasteiger partial charge in [-0.25, -0.2) is 14.6 Å². The molecule has 0 fully saturated rings. The Morgan fingerprint density at radius 1 is 1.00 bits per heavy atom. The lowest BCUT2D eigenvalue weighted by Crippen LogP contribution is -2.24. The molecule has 0 atom stereocenters. The van der Waals surface area contributed by atoms with Gasteiger partial charge in [-0.05, 0) is 49.1 Å². The molecule has 0 aliphatic rings. The van der Waals surface area contributed by atoms with Crippen molar-refractivity contribution in [3.8, 4) is 22.5 Å². The predicted molar refractivity (Wildman–Crippen MR) is 149 cm³/mol. The highest BCUT2D eigenvalue weighted by molar-refractivity contribution is 5.89. The second-order valence-corrected chi connectivity index (χ2v) is 9.83. The summed E-state index contributed by atoms with van der Waals surface area (Å²) < 4.78 is 16.5. The van der Waals surface area contributed by atoms with E-state index in [1.807, 2.05) is 48.5 Å². The Morgan fingerprint density at radius 2 is 1.73 bits per heavy atom. The van der Waals surface area contributed by atoms with Crippen LogP contribution in [0.3, 0.4) is 0 Å². The molecular formula is C29H34N6O6. The lowest BCUT2D eigenvalue weighted by atomic mass is 9.98. The highest BCUT2D eigenvalue weighted by Gasteiger charge is 2.32. The molecule has 0 unspecified atom stereocenters. The molecular weight excluding hydrogens is 528 g/mol. The van der Waals surface area contributed by atoms with Crippen LogP contribution in [0.2, 0.25) is 0 Å². The zero-order chi connectivity index (χ0) is 29.4. The minimum Gasteiger partial charge on any atom is -0.435 e. The van der Waals surface area contributed by atoms with E-state index in [-0.39, 0.29) is 18.0 Å². The lowest BCUT2D eigenvalue weighted by molar-refractivity contribution is -0.0274.